The number of rotatable bonds is 5. The molecule has 1 fully saturated rings. The Balaban J connectivity index is 1.63. The lowest BCUT2D eigenvalue weighted by molar-refractivity contribution is 0.732. The number of hydrogen-bond acceptors (Lipinski definition) is 4. The number of hydrogen-bond donors (Lipinski definition) is 1. The Bertz CT molecular complexity index is 1210. The van der Waals surface area contributed by atoms with Crippen molar-refractivity contribution in [3.05, 3.63) is 94.4 Å². The molecule has 1 saturated heterocycles. The first-order chi connectivity index (χ1) is 14.7. The number of nitrogens with two attached hydrogens (primary N) is 1. The minimum absolute atomic E-state index is 0.0190. The van der Waals surface area contributed by atoms with Gasteiger partial charge in [0, 0.05) is 25.3 Å². The number of imidazole rings is 1. The van der Waals surface area contributed by atoms with E-state index in [0.717, 1.165) is 42.1 Å². The molecule has 5 rings (SSSR count). The molecule has 6 heteroatoms. The zero-order chi connectivity index (χ0) is 20.5. The molecule has 0 spiro atoms. The largest absolute Gasteiger partial charge is 0.341 e. The van der Waals surface area contributed by atoms with Crippen LogP contribution in [-0.2, 0) is 13.1 Å². The number of anilines is 1. The van der Waals surface area contributed by atoms with Gasteiger partial charge in [-0.15, -0.1) is 0 Å². The highest BCUT2D eigenvalue weighted by Crippen LogP contribution is 2.25. The van der Waals surface area contributed by atoms with Crippen molar-refractivity contribution in [1.29, 1.82) is 0 Å². The molecule has 30 heavy (non-hydrogen) atoms. The lowest BCUT2D eigenvalue weighted by atomic mass is 10.2. The summed E-state index contributed by atoms with van der Waals surface area (Å²) in [7, 11) is 0. The Labute approximate surface area is 175 Å². The Hall–Kier alpha value is -3.38. The summed E-state index contributed by atoms with van der Waals surface area (Å²) in [5, 5.41) is 0. The Morgan fingerprint density at radius 2 is 1.60 bits per heavy atom. The van der Waals surface area contributed by atoms with E-state index in [2.05, 4.69) is 21.6 Å². The first-order valence-electron chi connectivity index (χ1n) is 10.4. The first kappa shape index (κ1) is 18.6. The van der Waals surface area contributed by atoms with E-state index < -0.39 is 0 Å². The van der Waals surface area contributed by atoms with Crippen LogP contribution in [-0.4, -0.2) is 33.2 Å². The molecule has 1 aliphatic rings. The van der Waals surface area contributed by atoms with Crippen LogP contribution < -0.4 is 16.2 Å². The highest BCUT2D eigenvalue weighted by Gasteiger charge is 2.26. The number of fused-ring (bicyclic) bond motifs is 1. The molecule has 1 aliphatic heterocycles. The Morgan fingerprint density at radius 3 is 2.23 bits per heavy atom. The summed E-state index contributed by atoms with van der Waals surface area (Å²) in [5.74, 6) is 0.830. The molecule has 2 N–H and O–H groups in total. The molecule has 0 saturated carbocycles. The van der Waals surface area contributed by atoms with Crippen LogP contribution in [0.2, 0.25) is 0 Å². The van der Waals surface area contributed by atoms with E-state index in [1.54, 1.807) is 4.57 Å². The van der Waals surface area contributed by atoms with Crippen molar-refractivity contribution < 1.29 is 0 Å². The summed E-state index contributed by atoms with van der Waals surface area (Å²) in [4.78, 5) is 20.6. The fraction of sp³-hybridized carbons (Fsp3) is 0.250. The zero-order valence-corrected chi connectivity index (χ0v) is 16.8. The lowest BCUT2D eigenvalue weighted by Gasteiger charge is -2.19. The fourth-order valence-electron chi connectivity index (χ4n) is 4.20. The van der Waals surface area contributed by atoms with E-state index in [-0.39, 0.29) is 11.6 Å². The predicted octanol–water partition coefficient (Wildman–Crippen LogP) is 2.83. The van der Waals surface area contributed by atoms with E-state index >= 15 is 0 Å². The number of pyridine rings is 1. The molecular formula is C24H25N5O. The van der Waals surface area contributed by atoms with Crippen LogP contribution in [0.25, 0.3) is 11.0 Å². The van der Waals surface area contributed by atoms with Gasteiger partial charge in [-0.3, -0.25) is 4.79 Å². The van der Waals surface area contributed by atoms with Crippen LogP contribution in [0.1, 0.15) is 17.5 Å². The molecule has 152 valence electrons. The van der Waals surface area contributed by atoms with Crippen molar-refractivity contribution >= 4 is 17.0 Å². The van der Waals surface area contributed by atoms with Gasteiger partial charge in [-0.05, 0) is 23.6 Å². The average molecular weight is 399 g/mol. The summed E-state index contributed by atoms with van der Waals surface area (Å²) in [5.41, 5.74) is 9.75. The van der Waals surface area contributed by atoms with Gasteiger partial charge in [0.05, 0.1) is 18.6 Å². The SMILES string of the molecule is NC1CCN(c2nc3ccn(Cc4ccccc4)c(=O)c3n2Cc2ccccc2)C1. The van der Waals surface area contributed by atoms with E-state index in [1.807, 2.05) is 60.8 Å². The van der Waals surface area contributed by atoms with Gasteiger partial charge in [0.25, 0.3) is 5.56 Å². The summed E-state index contributed by atoms with van der Waals surface area (Å²) < 4.78 is 3.83. The standard InChI is InChI=1S/C24H25N5O/c25-20-11-13-28(17-20)24-26-21-12-14-27(15-18-7-3-1-4-8-18)23(30)22(21)29(24)16-19-9-5-2-6-10-19/h1-10,12,14,20H,11,13,15-17,25H2. The van der Waals surface area contributed by atoms with Crippen LogP contribution in [0.15, 0.2) is 77.7 Å². The van der Waals surface area contributed by atoms with E-state index in [0.29, 0.717) is 18.6 Å². The van der Waals surface area contributed by atoms with Gasteiger partial charge in [-0.1, -0.05) is 60.7 Å². The molecule has 2 aromatic carbocycles. The predicted molar refractivity (Wildman–Crippen MR) is 120 cm³/mol. The molecule has 6 nitrogen and oxygen atoms in total. The highest BCUT2D eigenvalue weighted by atomic mass is 16.1. The third-order valence-electron chi connectivity index (χ3n) is 5.74. The molecule has 0 amide bonds. The van der Waals surface area contributed by atoms with E-state index in [4.69, 9.17) is 10.7 Å². The fourth-order valence-corrected chi connectivity index (χ4v) is 4.20. The van der Waals surface area contributed by atoms with Crippen molar-refractivity contribution in [3.63, 3.8) is 0 Å². The molecule has 4 aromatic rings. The van der Waals surface area contributed by atoms with Crippen LogP contribution in [0.3, 0.4) is 0 Å². The van der Waals surface area contributed by atoms with Crippen LogP contribution in [0.4, 0.5) is 5.95 Å². The minimum atomic E-state index is -0.0190. The molecular weight excluding hydrogens is 374 g/mol. The van der Waals surface area contributed by atoms with Gasteiger partial charge < -0.3 is 19.8 Å². The van der Waals surface area contributed by atoms with Gasteiger partial charge in [-0.2, -0.15) is 0 Å². The van der Waals surface area contributed by atoms with Crippen molar-refractivity contribution in [2.24, 2.45) is 5.73 Å². The minimum Gasteiger partial charge on any atom is -0.341 e. The van der Waals surface area contributed by atoms with Gasteiger partial charge in [-0.25, -0.2) is 4.98 Å². The maximum absolute atomic E-state index is 13.5. The maximum atomic E-state index is 13.5. The third kappa shape index (κ3) is 3.50. The molecule has 0 radical (unpaired) electrons. The summed E-state index contributed by atoms with van der Waals surface area (Å²) in [6.45, 7) is 2.76. The van der Waals surface area contributed by atoms with Crippen molar-refractivity contribution in [3.8, 4) is 0 Å². The summed E-state index contributed by atoms with van der Waals surface area (Å²) in [6.07, 6.45) is 2.78. The second-order valence-corrected chi connectivity index (χ2v) is 7.95. The van der Waals surface area contributed by atoms with Crippen LogP contribution in [0.5, 0.6) is 0 Å². The van der Waals surface area contributed by atoms with Crippen LogP contribution in [0, 0.1) is 0 Å². The van der Waals surface area contributed by atoms with E-state index in [1.165, 1.54) is 0 Å². The first-order valence-corrected chi connectivity index (χ1v) is 10.4. The normalized spacial score (nSPS) is 16.4. The Morgan fingerprint density at radius 1 is 0.933 bits per heavy atom. The number of benzene rings is 2. The summed E-state index contributed by atoms with van der Waals surface area (Å²) >= 11 is 0. The molecule has 2 aromatic heterocycles. The molecule has 0 aliphatic carbocycles. The quantitative estimate of drug-likeness (QED) is 0.560. The number of aromatic nitrogens is 3. The van der Waals surface area contributed by atoms with Gasteiger partial charge in [0.2, 0.25) is 5.95 Å². The van der Waals surface area contributed by atoms with Gasteiger partial charge in [0.1, 0.15) is 5.52 Å². The molecule has 1 atom stereocenters. The molecule has 1 unspecified atom stereocenters. The summed E-state index contributed by atoms with van der Waals surface area (Å²) in [6, 6.07) is 22.3. The highest BCUT2D eigenvalue weighted by molar-refractivity contribution is 5.78. The topological polar surface area (TPSA) is 69.1 Å². The molecule has 0 bridgehead atoms. The third-order valence-corrected chi connectivity index (χ3v) is 5.74. The van der Waals surface area contributed by atoms with Crippen molar-refractivity contribution in [1.82, 2.24) is 14.1 Å². The second kappa shape index (κ2) is 7.80. The smallest absolute Gasteiger partial charge is 0.277 e. The monoisotopic (exact) mass is 399 g/mol. The van der Waals surface area contributed by atoms with Crippen molar-refractivity contribution in [2.75, 3.05) is 18.0 Å². The van der Waals surface area contributed by atoms with Crippen molar-refractivity contribution in [2.45, 2.75) is 25.6 Å². The Kier molecular flexibility index (Phi) is 4.85. The van der Waals surface area contributed by atoms with E-state index in [9.17, 15) is 4.79 Å². The average Bonchev–Trinajstić information content (AvgIpc) is 3.36. The van der Waals surface area contributed by atoms with Crippen LogP contribution >= 0.6 is 0 Å². The molecule has 3 heterocycles. The lowest BCUT2D eigenvalue weighted by Crippen LogP contribution is -2.29. The van der Waals surface area contributed by atoms with Gasteiger partial charge in [0.15, 0.2) is 0 Å². The second-order valence-electron chi connectivity index (χ2n) is 7.95. The number of nitrogens with zero attached hydrogens (tertiary/aromatic N) is 4. The maximum Gasteiger partial charge on any atom is 0.277 e. The van der Waals surface area contributed by atoms with Gasteiger partial charge >= 0.3 is 0 Å². The zero-order valence-electron chi connectivity index (χ0n) is 16.8.